The molecule has 1 aromatic carbocycles. The van der Waals surface area contributed by atoms with E-state index in [1.165, 1.54) is 0 Å². The fourth-order valence-corrected chi connectivity index (χ4v) is 3.23. The highest BCUT2D eigenvalue weighted by atomic mass is 32.2. The lowest BCUT2D eigenvalue weighted by Gasteiger charge is -2.17. The van der Waals surface area contributed by atoms with Crippen molar-refractivity contribution in [2.75, 3.05) is 13.2 Å². The molecule has 0 aliphatic rings. The van der Waals surface area contributed by atoms with E-state index < -0.39 is 38.1 Å². The van der Waals surface area contributed by atoms with E-state index in [-0.39, 0.29) is 50.0 Å². The summed E-state index contributed by atoms with van der Waals surface area (Å²) in [5.41, 5.74) is -1.51. The molecule has 0 aromatic heterocycles. The van der Waals surface area contributed by atoms with Gasteiger partial charge in [-0.05, 0) is 42.9 Å². The summed E-state index contributed by atoms with van der Waals surface area (Å²) in [5, 5.41) is 36.5. The number of hydrogen-bond acceptors (Lipinski definition) is 6. The Bertz CT molecular complexity index is 737. The summed E-state index contributed by atoms with van der Waals surface area (Å²) in [5.74, 6) is -3.10. The first-order valence-corrected chi connectivity index (χ1v) is 8.43. The standard InChI is InChI=1S/C14H18O9S/c15-5-1-3-8-10(13(17)18)7-11(24(21,22)23)9(4-2-6-16)12(8)14(19)20/h7,15-16H,1-6H2,(H,17,18)(H,19,20)(H,21,22,23). The van der Waals surface area contributed by atoms with Crippen molar-refractivity contribution in [2.24, 2.45) is 0 Å². The Morgan fingerprint density at radius 2 is 1.42 bits per heavy atom. The van der Waals surface area contributed by atoms with Crippen molar-refractivity contribution < 1.29 is 43.0 Å². The molecule has 0 amide bonds. The number of hydrogen-bond donors (Lipinski definition) is 5. The largest absolute Gasteiger partial charge is 0.478 e. The zero-order valence-electron chi connectivity index (χ0n) is 12.6. The normalized spacial score (nSPS) is 11.5. The van der Waals surface area contributed by atoms with E-state index >= 15 is 0 Å². The van der Waals surface area contributed by atoms with Crippen molar-refractivity contribution in [1.29, 1.82) is 0 Å². The van der Waals surface area contributed by atoms with Crippen molar-refractivity contribution in [3.05, 3.63) is 28.3 Å². The third-order valence-electron chi connectivity index (χ3n) is 3.39. The number of carbonyl (C=O) groups is 2. The van der Waals surface area contributed by atoms with Gasteiger partial charge in [-0.15, -0.1) is 0 Å². The van der Waals surface area contributed by atoms with Crippen molar-refractivity contribution >= 4 is 22.1 Å². The van der Waals surface area contributed by atoms with Crippen LogP contribution in [0.5, 0.6) is 0 Å². The number of aliphatic hydroxyl groups excluding tert-OH is 2. The number of carboxylic acids is 2. The molecule has 0 bridgehead atoms. The Morgan fingerprint density at radius 1 is 0.917 bits per heavy atom. The molecule has 0 radical (unpaired) electrons. The molecule has 9 nitrogen and oxygen atoms in total. The van der Waals surface area contributed by atoms with Gasteiger partial charge < -0.3 is 20.4 Å². The van der Waals surface area contributed by atoms with Crippen LogP contribution in [0.15, 0.2) is 11.0 Å². The van der Waals surface area contributed by atoms with Crippen LogP contribution in [0.1, 0.15) is 44.7 Å². The molecule has 0 aliphatic heterocycles. The van der Waals surface area contributed by atoms with Gasteiger partial charge in [0, 0.05) is 13.2 Å². The second kappa shape index (κ2) is 8.20. The zero-order valence-corrected chi connectivity index (χ0v) is 13.4. The number of benzene rings is 1. The molecule has 134 valence electrons. The van der Waals surface area contributed by atoms with E-state index in [0.717, 1.165) is 0 Å². The Morgan fingerprint density at radius 3 is 1.79 bits per heavy atom. The second-order valence-corrected chi connectivity index (χ2v) is 6.38. The fraction of sp³-hybridized carbons (Fsp3) is 0.429. The molecular formula is C14H18O9S. The van der Waals surface area contributed by atoms with Crippen LogP contribution in [0.3, 0.4) is 0 Å². The molecule has 5 N–H and O–H groups in total. The molecule has 0 saturated carbocycles. The molecule has 1 rings (SSSR count). The molecule has 0 aliphatic carbocycles. The highest BCUT2D eigenvalue weighted by molar-refractivity contribution is 7.85. The van der Waals surface area contributed by atoms with Crippen LogP contribution in [0.2, 0.25) is 0 Å². The van der Waals surface area contributed by atoms with E-state index in [9.17, 15) is 32.8 Å². The van der Waals surface area contributed by atoms with Gasteiger partial charge in [-0.1, -0.05) is 0 Å². The topological polar surface area (TPSA) is 169 Å². The predicted octanol–water partition coefficient (Wildman–Crippen LogP) is 0.180. The van der Waals surface area contributed by atoms with Gasteiger partial charge >= 0.3 is 11.9 Å². The minimum absolute atomic E-state index is 0.0225. The third kappa shape index (κ3) is 4.51. The smallest absolute Gasteiger partial charge is 0.336 e. The van der Waals surface area contributed by atoms with E-state index in [1.807, 2.05) is 0 Å². The number of aromatic carboxylic acids is 2. The van der Waals surface area contributed by atoms with Crippen LogP contribution in [0.4, 0.5) is 0 Å². The number of carboxylic acid groups (broad SMARTS) is 2. The second-order valence-electron chi connectivity index (χ2n) is 4.99. The first-order valence-electron chi connectivity index (χ1n) is 6.99. The summed E-state index contributed by atoms with van der Waals surface area (Å²) in [4.78, 5) is 22.2. The molecule has 0 fully saturated rings. The van der Waals surface area contributed by atoms with Gasteiger partial charge in [0.2, 0.25) is 0 Å². The van der Waals surface area contributed by atoms with Gasteiger partial charge in [-0.25, -0.2) is 9.59 Å². The maximum absolute atomic E-state index is 11.6. The predicted molar refractivity (Wildman–Crippen MR) is 81.0 cm³/mol. The Labute approximate surface area is 137 Å². The van der Waals surface area contributed by atoms with E-state index in [2.05, 4.69) is 0 Å². The molecule has 0 saturated heterocycles. The molecule has 0 heterocycles. The monoisotopic (exact) mass is 362 g/mol. The molecular weight excluding hydrogens is 344 g/mol. The SMILES string of the molecule is O=C(O)c1cc(S(=O)(=O)O)c(CCCO)c(C(=O)O)c1CCCO. The lowest BCUT2D eigenvalue weighted by molar-refractivity contribution is 0.0693. The molecule has 0 atom stereocenters. The molecule has 10 heteroatoms. The van der Waals surface area contributed by atoms with Gasteiger partial charge in [0.1, 0.15) is 0 Å². The highest BCUT2D eigenvalue weighted by Crippen LogP contribution is 2.29. The van der Waals surface area contributed by atoms with Crippen LogP contribution in [0.25, 0.3) is 0 Å². The number of aliphatic hydroxyl groups is 2. The van der Waals surface area contributed by atoms with Crippen LogP contribution >= 0.6 is 0 Å². The maximum Gasteiger partial charge on any atom is 0.336 e. The van der Waals surface area contributed by atoms with Gasteiger partial charge in [-0.3, -0.25) is 4.55 Å². The van der Waals surface area contributed by atoms with Gasteiger partial charge in [0.15, 0.2) is 0 Å². The van der Waals surface area contributed by atoms with E-state index in [4.69, 9.17) is 10.2 Å². The minimum atomic E-state index is -4.87. The summed E-state index contributed by atoms with van der Waals surface area (Å²) < 4.78 is 32.5. The third-order valence-corrected chi connectivity index (χ3v) is 4.31. The summed E-state index contributed by atoms with van der Waals surface area (Å²) in [6, 6.07) is 0.712. The Kier molecular flexibility index (Phi) is 6.84. The average molecular weight is 362 g/mol. The fourth-order valence-electron chi connectivity index (χ4n) is 2.44. The quantitative estimate of drug-likeness (QED) is 0.384. The maximum atomic E-state index is 11.6. The van der Waals surface area contributed by atoms with Gasteiger partial charge in [-0.2, -0.15) is 8.42 Å². The number of rotatable bonds is 9. The van der Waals surface area contributed by atoms with Crippen molar-refractivity contribution in [3.8, 4) is 0 Å². The van der Waals surface area contributed by atoms with E-state index in [0.29, 0.717) is 6.07 Å². The summed E-state index contributed by atoms with van der Waals surface area (Å²) in [6.45, 7) is -0.666. The molecule has 24 heavy (non-hydrogen) atoms. The zero-order chi connectivity index (χ0) is 18.5. The van der Waals surface area contributed by atoms with Gasteiger partial charge in [0.25, 0.3) is 10.1 Å². The van der Waals surface area contributed by atoms with E-state index in [1.54, 1.807) is 0 Å². The molecule has 0 unspecified atom stereocenters. The Hall–Kier alpha value is -2.01. The van der Waals surface area contributed by atoms with Crippen LogP contribution in [0, 0.1) is 0 Å². The summed E-state index contributed by atoms with van der Waals surface area (Å²) in [7, 11) is -4.87. The first-order chi connectivity index (χ1) is 11.1. The lowest BCUT2D eigenvalue weighted by atomic mass is 9.90. The first kappa shape index (κ1) is 20.0. The van der Waals surface area contributed by atoms with Crippen molar-refractivity contribution in [3.63, 3.8) is 0 Å². The lowest BCUT2D eigenvalue weighted by Crippen LogP contribution is -2.18. The van der Waals surface area contributed by atoms with Crippen molar-refractivity contribution in [2.45, 2.75) is 30.6 Å². The summed E-state index contributed by atoms with van der Waals surface area (Å²) >= 11 is 0. The van der Waals surface area contributed by atoms with Crippen LogP contribution in [-0.4, -0.2) is 58.5 Å². The Balaban J connectivity index is 3.86. The summed E-state index contributed by atoms with van der Waals surface area (Å²) in [6.07, 6.45) is -0.184. The average Bonchev–Trinajstić information content (AvgIpc) is 2.48. The highest BCUT2D eigenvalue weighted by Gasteiger charge is 2.29. The minimum Gasteiger partial charge on any atom is -0.478 e. The van der Waals surface area contributed by atoms with Crippen LogP contribution in [-0.2, 0) is 23.0 Å². The molecule has 1 aromatic rings. The van der Waals surface area contributed by atoms with Crippen LogP contribution < -0.4 is 0 Å². The van der Waals surface area contributed by atoms with Crippen molar-refractivity contribution in [1.82, 2.24) is 0 Å². The molecule has 0 spiro atoms. The van der Waals surface area contributed by atoms with Gasteiger partial charge in [0.05, 0.1) is 16.0 Å².